The Bertz CT molecular complexity index is 492. The van der Waals surface area contributed by atoms with Gasteiger partial charge in [0.15, 0.2) is 11.5 Å². The van der Waals surface area contributed by atoms with Crippen LogP contribution in [0.25, 0.3) is 0 Å². The number of aromatic carboxylic acids is 1. The molecule has 2 rings (SSSR count). The van der Waals surface area contributed by atoms with Gasteiger partial charge in [0.2, 0.25) is 0 Å². The highest BCUT2D eigenvalue weighted by molar-refractivity contribution is 5.85. The second-order valence-corrected chi connectivity index (χ2v) is 3.78. The van der Waals surface area contributed by atoms with Gasteiger partial charge in [0, 0.05) is 25.0 Å². The SMILES string of the molecule is O=C(O)c1cc(CNCCCn2cccn2)on1. The summed E-state index contributed by atoms with van der Waals surface area (Å²) in [5.41, 5.74) is -0.0664. The number of nitrogens with zero attached hydrogens (tertiary/aromatic N) is 3. The van der Waals surface area contributed by atoms with E-state index in [1.165, 1.54) is 6.07 Å². The minimum Gasteiger partial charge on any atom is -0.476 e. The molecule has 7 heteroatoms. The van der Waals surface area contributed by atoms with Crippen LogP contribution in [-0.4, -0.2) is 32.6 Å². The highest BCUT2D eigenvalue weighted by atomic mass is 16.5. The third-order valence-corrected chi connectivity index (χ3v) is 2.38. The molecule has 0 aliphatic rings. The third-order valence-electron chi connectivity index (χ3n) is 2.38. The van der Waals surface area contributed by atoms with Crippen molar-refractivity contribution in [3.63, 3.8) is 0 Å². The van der Waals surface area contributed by atoms with Gasteiger partial charge in [-0.05, 0) is 19.0 Å². The van der Waals surface area contributed by atoms with Gasteiger partial charge in [-0.15, -0.1) is 0 Å². The van der Waals surface area contributed by atoms with Crippen molar-refractivity contribution in [2.75, 3.05) is 6.54 Å². The van der Waals surface area contributed by atoms with Crippen molar-refractivity contribution in [3.05, 3.63) is 36.0 Å². The Morgan fingerprint density at radius 1 is 1.56 bits per heavy atom. The molecule has 96 valence electrons. The Morgan fingerprint density at radius 3 is 3.11 bits per heavy atom. The predicted molar refractivity (Wildman–Crippen MR) is 62.0 cm³/mol. The summed E-state index contributed by atoms with van der Waals surface area (Å²) in [7, 11) is 0. The molecule has 0 aliphatic heterocycles. The lowest BCUT2D eigenvalue weighted by molar-refractivity contribution is 0.0685. The summed E-state index contributed by atoms with van der Waals surface area (Å²) < 4.78 is 6.73. The van der Waals surface area contributed by atoms with Crippen LogP contribution in [0.2, 0.25) is 0 Å². The van der Waals surface area contributed by atoms with E-state index in [-0.39, 0.29) is 5.69 Å². The molecule has 2 heterocycles. The molecule has 0 aromatic carbocycles. The first-order valence-corrected chi connectivity index (χ1v) is 5.63. The Kier molecular flexibility index (Phi) is 4.08. The molecule has 0 saturated carbocycles. The minimum absolute atomic E-state index is 0.0664. The van der Waals surface area contributed by atoms with Crippen molar-refractivity contribution >= 4 is 5.97 Å². The van der Waals surface area contributed by atoms with Crippen molar-refractivity contribution in [2.24, 2.45) is 0 Å². The largest absolute Gasteiger partial charge is 0.476 e. The van der Waals surface area contributed by atoms with Crippen LogP contribution >= 0.6 is 0 Å². The first-order chi connectivity index (χ1) is 8.75. The second-order valence-electron chi connectivity index (χ2n) is 3.78. The Hall–Kier alpha value is -2.15. The monoisotopic (exact) mass is 250 g/mol. The smallest absolute Gasteiger partial charge is 0.358 e. The molecule has 2 aromatic heterocycles. The number of aryl methyl sites for hydroxylation is 1. The van der Waals surface area contributed by atoms with Crippen molar-refractivity contribution in [1.82, 2.24) is 20.3 Å². The van der Waals surface area contributed by atoms with Gasteiger partial charge in [0.25, 0.3) is 0 Å². The lowest BCUT2D eigenvalue weighted by Gasteiger charge is -2.02. The maximum Gasteiger partial charge on any atom is 0.358 e. The van der Waals surface area contributed by atoms with E-state index < -0.39 is 5.97 Å². The van der Waals surface area contributed by atoms with Crippen LogP contribution in [0.15, 0.2) is 29.0 Å². The zero-order valence-corrected chi connectivity index (χ0v) is 9.74. The molecule has 18 heavy (non-hydrogen) atoms. The molecule has 2 aromatic rings. The van der Waals surface area contributed by atoms with Crippen LogP contribution < -0.4 is 5.32 Å². The topological polar surface area (TPSA) is 93.2 Å². The van der Waals surface area contributed by atoms with Gasteiger partial charge in [-0.25, -0.2) is 4.79 Å². The van der Waals surface area contributed by atoms with Crippen LogP contribution in [0.5, 0.6) is 0 Å². The minimum atomic E-state index is -1.08. The highest BCUT2D eigenvalue weighted by Gasteiger charge is 2.09. The first kappa shape index (κ1) is 12.3. The quantitative estimate of drug-likeness (QED) is 0.704. The summed E-state index contributed by atoms with van der Waals surface area (Å²) in [5, 5.41) is 19.3. The van der Waals surface area contributed by atoms with Crippen molar-refractivity contribution in [1.29, 1.82) is 0 Å². The maximum absolute atomic E-state index is 10.6. The van der Waals surface area contributed by atoms with Gasteiger partial charge in [0.05, 0.1) is 6.54 Å². The van der Waals surface area contributed by atoms with Crippen LogP contribution in [-0.2, 0) is 13.1 Å². The fourth-order valence-electron chi connectivity index (χ4n) is 1.51. The number of hydrogen-bond acceptors (Lipinski definition) is 5. The average Bonchev–Trinajstić information content (AvgIpc) is 2.98. The Morgan fingerprint density at radius 2 is 2.44 bits per heavy atom. The number of nitrogens with one attached hydrogen (secondary N) is 1. The fraction of sp³-hybridized carbons (Fsp3) is 0.364. The number of carbonyl (C=O) groups is 1. The molecular formula is C11H14N4O3. The zero-order valence-electron chi connectivity index (χ0n) is 9.74. The molecule has 0 aliphatic carbocycles. The van der Waals surface area contributed by atoms with Crippen LogP contribution in [0.1, 0.15) is 22.7 Å². The lowest BCUT2D eigenvalue weighted by Crippen LogP contribution is -2.16. The molecule has 0 atom stereocenters. The summed E-state index contributed by atoms with van der Waals surface area (Å²) in [4.78, 5) is 10.6. The van der Waals surface area contributed by atoms with E-state index in [1.54, 1.807) is 6.20 Å². The van der Waals surface area contributed by atoms with Crippen molar-refractivity contribution in [3.8, 4) is 0 Å². The molecule has 0 radical (unpaired) electrons. The molecule has 0 spiro atoms. The van der Waals surface area contributed by atoms with E-state index in [1.807, 2.05) is 16.9 Å². The van der Waals surface area contributed by atoms with E-state index >= 15 is 0 Å². The van der Waals surface area contributed by atoms with E-state index in [0.717, 1.165) is 19.5 Å². The Labute approximate surface area is 103 Å². The van der Waals surface area contributed by atoms with Gasteiger partial charge in [0.1, 0.15) is 0 Å². The van der Waals surface area contributed by atoms with Gasteiger partial charge >= 0.3 is 5.97 Å². The lowest BCUT2D eigenvalue weighted by atomic mass is 10.3. The van der Waals surface area contributed by atoms with Crippen LogP contribution in [0.3, 0.4) is 0 Å². The van der Waals surface area contributed by atoms with E-state index in [2.05, 4.69) is 15.6 Å². The van der Waals surface area contributed by atoms with Gasteiger partial charge in [-0.3, -0.25) is 4.68 Å². The number of rotatable bonds is 7. The van der Waals surface area contributed by atoms with Crippen molar-refractivity contribution in [2.45, 2.75) is 19.5 Å². The number of hydrogen-bond donors (Lipinski definition) is 2. The fourth-order valence-corrected chi connectivity index (χ4v) is 1.51. The summed E-state index contributed by atoms with van der Waals surface area (Å²) in [5.74, 6) is -0.560. The molecule has 0 amide bonds. The van der Waals surface area contributed by atoms with Gasteiger partial charge in [-0.1, -0.05) is 5.16 Å². The Balaban J connectivity index is 1.64. The maximum atomic E-state index is 10.6. The summed E-state index contributed by atoms with van der Waals surface area (Å²) in [6.07, 6.45) is 4.59. The number of carboxylic acids is 1. The number of aromatic nitrogens is 3. The molecule has 0 bridgehead atoms. The standard InChI is InChI=1S/C11H14N4O3/c16-11(17)10-7-9(18-14-10)8-12-3-1-5-15-6-2-4-13-15/h2,4,6-7,12H,1,3,5,8H2,(H,16,17). The highest BCUT2D eigenvalue weighted by Crippen LogP contribution is 2.02. The summed E-state index contributed by atoms with van der Waals surface area (Å²) in [6.45, 7) is 2.11. The molecule has 7 nitrogen and oxygen atoms in total. The number of carboxylic acid groups (broad SMARTS) is 1. The third kappa shape index (κ3) is 3.42. The molecule has 0 fully saturated rings. The molecule has 0 saturated heterocycles. The second kappa shape index (κ2) is 5.97. The van der Waals surface area contributed by atoms with E-state index in [4.69, 9.17) is 9.63 Å². The van der Waals surface area contributed by atoms with Crippen molar-refractivity contribution < 1.29 is 14.4 Å². The van der Waals surface area contributed by atoms with E-state index in [0.29, 0.717) is 12.3 Å². The van der Waals surface area contributed by atoms with Crippen LogP contribution in [0, 0.1) is 0 Å². The molecule has 0 unspecified atom stereocenters. The van der Waals surface area contributed by atoms with Gasteiger partial charge in [-0.2, -0.15) is 5.10 Å². The molecule has 2 N–H and O–H groups in total. The summed E-state index contributed by atoms with van der Waals surface area (Å²) >= 11 is 0. The normalized spacial score (nSPS) is 10.7. The first-order valence-electron chi connectivity index (χ1n) is 5.63. The predicted octanol–water partition coefficient (Wildman–Crippen LogP) is 0.749. The van der Waals surface area contributed by atoms with Crippen LogP contribution in [0.4, 0.5) is 0 Å². The van der Waals surface area contributed by atoms with E-state index in [9.17, 15) is 4.79 Å². The average molecular weight is 250 g/mol. The van der Waals surface area contributed by atoms with Gasteiger partial charge < -0.3 is 14.9 Å². The zero-order chi connectivity index (χ0) is 12.8. The molecular weight excluding hydrogens is 236 g/mol. The summed E-state index contributed by atoms with van der Waals surface area (Å²) in [6, 6.07) is 3.30.